The number of rotatable bonds is 5. The van der Waals surface area contributed by atoms with E-state index in [9.17, 15) is 0 Å². The van der Waals surface area contributed by atoms with Gasteiger partial charge in [-0.3, -0.25) is 0 Å². The first-order valence-corrected chi connectivity index (χ1v) is 7.45. The van der Waals surface area contributed by atoms with E-state index >= 15 is 0 Å². The minimum Gasteiger partial charge on any atom is -0.381 e. The van der Waals surface area contributed by atoms with Crippen LogP contribution in [0.2, 0.25) is 0 Å². The summed E-state index contributed by atoms with van der Waals surface area (Å²) in [5.41, 5.74) is 0.353. The van der Waals surface area contributed by atoms with Crippen LogP contribution in [0.5, 0.6) is 0 Å². The summed E-state index contributed by atoms with van der Waals surface area (Å²) < 4.78 is 5.62. The molecule has 1 fully saturated rings. The van der Waals surface area contributed by atoms with Crippen molar-refractivity contribution in [2.45, 2.75) is 24.5 Å². The molecule has 2 rings (SSSR count). The molecule has 5 nitrogen and oxygen atoms in total. The van der Waals surface area contributed by atoms with Gasteiger partial charge in [-0.1, -0.05) is 6.92 Å². The van der Waals surface area contributed by atoms with Crippen molar-refractivity contribution in [1.82, 2.24) is 9.97 Å². The third-order valence-corrected chi connectivity index (χ3v) is 4.69. The molecule has 102 valence electrons. The first-order chi connectivity index (χ1) is 9.29. The highest BCUT2D eigenvalue weighted by Crippen LogP contribution is 2.35. The lowest BCUT2D eigenvalue weighted by Crippen LogP contribution is -2.40. The molecule has 0 saturated carbocycles. The van der Waals surface area contributed by atoms with Crippen molar-refractivity contribution < 1.29 is 4.74 Å². The summed E-state index contributed by atoms with van der Waals surface area (Å²) >= 11 is 1.96. The molecular weight excluding hydrogens is 260 g/mol. The average molecular weight is 278 g/mol. The molecule has 0 unspecified atom stereocenters. The molecule has 0 atom stereocenters. The summed E-state index contributed by atoms with van der Waals surface area (Å²) in [6.45, 7) is 4.58. The van der Waals surface area contributed by atoms with Gasteiger partial charge in [-0.05, 0) is 18.6 Å². The maximum Gasteiger partial charge on any atom is 0.182 e. The fourth-order valence-electron chi connectivity index (χ4n) is 2.22. The van der Waals surface area contributed by atoms with Crippen molar-refractivity contribution >= 4 is 17.6 Å². The second kappa shape index (κ2) is 6.73. The molecule has 0 spiro atoms. The van der Waals surface area contributed by atoms with E-state index in [-0.39, 0.29) is 4.75 Å². The Labute approximate surface area is 117 Å². The number of nitriles is 1. The van der Waals surface area contributed by atoms with Crippen LogP contribution < -0.4 is 5.32 Å². The van der Waals surface area contributed by atoms with Crippen molar-refractivity contribution in [2.75, 3.05) is 30.8 Å². The number of aromatic nitrogens is 2. The van der Waals surface area contributed by atoms with Crippen molar-refractivity contribution in [3.63, 3.8) is 0 Å². The van der Waals surface area contributed by atoms with Crippen LogP contribution in [0.4, 0.5) is 5.82 Å². The van der Waals surface area contributed by atoms with E-state index in [1.54, 1.807) is 6.20 Å². The molecule has 1 aliphatic heterocycles. The molecule has 19 heavy (non-hydrogen) atoms. The van der Waals surface area contributed by atoms with Crippen LogP contribution >= 0.6 is 11.8 Å². The van der Waals surface area contributed by atoms with Crippen LogP contribution in [0.1, 0.15) is 25.5 Å². The van der Waals surface area contributed by atoms with Crippen molar-refractivity contribution in [3.05, 3.63) is 18.1 Å². The maximum absolute atomic E-state index is 9.01. The summed E-state index contributed by atoms with van der Waals surface area (Å²) in [5.74, 6) is 1.65. The maximum atomic E-state index is 9.01. The van der Waals surface area contributed by atoms with E-state index in [1.165, 1.54) is 6.20 Å². The van der Waals surface area contributed by atoms with E-state index in [1.807, 2.05) is 11.8 Å². The number of thioether (sulfide) groups is 1. The molecule has 0 aromatic carbocycles. The van der Waals surface area contributed by atoms with Gasteiger partial charge in [0.25, 0.3) is 0 Å². The van der Waals surface area contributed by atoms with E-state index in [2.05, 4.69) is 28.3 Å². The number of hydrogen-bond donors (Lipinski definition) is 1. The second-order valence-electron chi connectivity index (χ2n) is 4.45. The van der Waals surface area contributed by atoms with Gasteiger partial charge in [0.1, 0.15) is 6.07 Å². The lowest BCUT2D eigenvalue weighted by atomic mass is 9.99. The third-order valence-electron chi connectivity index (χ3n) is 3.24. The van der Waals surface area contributed by atoms with E-state index < -0.39 is 0 Å². The van der Waals surface area contributed by atoms with Crippen LogP contribution in [-0.2, 0) is 4.74 Å². The normalized spacial score (nSPS) is 17.7. The van der Waals surface area contributed by atoms with Gasteiger partial charge in [0, 0.05) is 36.9 Å². The van der Waals surface area contributed by atoms with Crippen molar-refractivity contribution in [3.8, 4) is 6.07 Å². The zero-order valence-electron chi connectivity index (χ0n) is 11.1. The Morgan fingerprint density at radius 3 is 2.84 bits per heavy atom. The summed E-state index contributed by atoms with van der Waals surface area (Å²) in [6, 6.07) is 2.06. The SMILES string of the molecule is CCSC1(CNc2nccnc2C#N)CCOCC1. The first-order valence-electron chi connectivity index (χ1n) is 6.46. The molecule has 0 amide bonds. The number of hydrogen-bond acceptors (Lipinski definition) is 6. The van der Waals surface area contributed by atoms with Crippen LogP contribution in [-0.4, -0.2) is 40.2 Å². The van der Waals surface area contributed by atoms with Crippen LogP contribution in [0.3, 0.4) is 0 Å². The van der Waals surface area contributed by atoms with E-state index in [0.29, 0.717) is 11.5 Å². The molecule has 6 heteroatoms. The molecule has 2 heterocycles. The molecule has 0 bridgehead atoms. The third kappa shape index (κ3) is 3.58. The van der Waals surface area contributed by atoms with Crippen molar-refractivity contribution in [2.24, 2.45) is 0 Å². The van der Waals surface area contributed by atoms with Gasteiger partial charge in [0.05, 0.1) is 0 Å². The van der Waals surface area contributed by atoms with E-state index in [4.69, 9.17) is 10.00 Å². The predicted octanol–water partition coefficient (Wildman–Crippen LogP) is 2.06. The average Bonchev–Trinajstić information content (AvgIpc) is 2.47. The minimum absolute atomic E-state index is 0.178. The smallest absolute Gasteiger partial charge is 0.182 e. The van der Waals surface area contributed by atoms with Gasteiger partial charge in [-0.15, -0.1) is 0 Å². The van der Waals surface area contributed by atoms with Crippen LogP contribution in [0, 0.1) is 11.3 Å². The minimum atomic E-state index is 0.178. The highest BCUT2D eigenvalue weighted by atomic mass is 32.2. The molecule has 1 aromatic rings. The highest BCUT2D eigenvalue weighted by Gasteiger charge is 2.32. The van der Waals surface area contributed by atoms with Gasteiger partial charge >= 0.3 is 0 Å². The molecule has 1 saturated heterocycles. The summed E-state index contributed by atoms with van der Waals surface area (Å²) in [7, 11) is 0. The molecule has 1 aromatic heterocycles. The highest BCUT2D eigenvalue weighted by molar-refractivity contribution is 8.00. The fourth-order valence-corrected chi connectivity index (χ4v) is 3.46. The number of ether oxygens (including phenoxy) is 1. The van der Waals surface area contributed by atoms with E-state index in [0.717, 1.165) is 38.4 Å². The Balaban J connectivity index is 2.04. The zero-order valence-corrected chi connectivity index (χ0v) is 11.9. The number of nitrogens with zero attached hydrogens (tertiary/aromatic N) is 3. The fraction of sp³-hybridized carbons (Fsp3) is 0.615. The monoisotopic (exact) mass is 278 g/mol. The van der Waals surface area contributed by atoms with Crippen molar-refractivity contribution in [1.29, 1.82) is 5.26 Å². The van der Waals surface area contributed by atoms with Gasteiger partial charge < -0.3 is 10.1 Å². The Kier molecular flexibility index (Phi) is 5.00. The Morgan fingerprint density at radius 2 is 2.16 bits per heavy atom. The Morgan fingerprint density at radius 1 is 1.42 bits per heavy atom. The largest absolute Gasteiger partial charge is 0.381 e. The quantitative estimate of drug-likeness (QED) is 0.889. The standard InChI is InChI=1S/C13H18N4OS/c1-2-19-13(3-7-18-8-4-13)10-17-12-11(9-14)15-5-6-16-12/h5-6H,2-4,7-8,10H2,1H3,(H,16,17). The van der Waals surface area contributed by atoms with Gasteiger partial charge in [0.15, 0.2) is 11.5 Å². The summed E-state index contributed by atoms with van der Waals surface area (Å²) in [4.78, 5) is 8.20. The molecule has 0 radical (unpaired) electrons. The second-order valence-corrected chi connectivity index (χ2v) is 6.18. The van der Waals surface area contributed by atoms with Gasteiger partial charge in [0.2, 0.25) is 0 Å². The topological polar surface area (TPSA) is 70.8 Å². The molecular formula is C13H18N4OS. The molecule has 1 N–H and O–H groups in total. The first kappa shape index (κ1) is 14.1. The Hall–Kier alpha value is -1.32. The lowest BCUT2D eigenvalue weighted by Gasteiger charge is -2.36. The predicted molar refractivity (Wildman–Crippen MR) is 76.2 cm³/mol. The molecule has 0 aliphatic carbocycles. The van der Waals surface area contributed by atoms with Crippen LogP contribution in [0.25, 0.3) is 0 Å². The molecule has 1 aliphatic rings. The van der Waals surface area contributed by atoms with Gasteiger partial charge in [-0.2, -0.15) is 17.0 Å². The van der Waals surface area contributed by atoms with Gasteiger partial charge in [-0.25, -0.2) is 9.97 Å². The Bertz CT molecular complexity index is 449. The number of anilines is 1. The summed E-state index contributed by atoms with van der Waals surface area (Å²) in [5, 5.41) is 12.3. The summed E-state index contributed by atoms with van der Waals surface area (Å²) in [6.07, 6.45) is 5.20. The van der Waals surface area contributed by atoms with Crippen LogP contribution in [0.15, 0.2) is 12.4 Å². The number of nitrogens with one attached hydrogen (secondary N) is 1. The zero-order chi connectivity index (χ0) is 13.6. The lowest BCUT2D eigenvalue weighted by molar-refractivity contribution is 0.0801.